The minimum atomic E-state index is -4.80. The molecule has 812 valence electrons. The van der Waals surface area contributed by atoms with Gasteiger partial charge in [-0.2, -0.15) is 15.0 Å². The third-order valence-corrected chi connectivity index (χ3v) is 25.5. The number of hydrogen-bond acceptors (Lipinski definition) is 49. The van der Waals surface area contributed by atoms with E-state index in [0.29, 0.717) is 39.5 Å². The van der Waals surface area contributed by atoms with Crippen molar-refractivity contribution in [2.75, 3.05) is 68.9 Å². The second-order valence-electron chi connectivity index (χ2n) is 32.3. The van der Waals surface area contributed by atoms with Gasteiger partial charge in [-0.25, -0.2) is 67.3 Å². The summed E-state index contributed by atoms with van der Waals surface area (Å²) >= 11 is 5.99. The Hall–Kier alpha value is -9.66. The number of hydrogen-bond donors (Lipinski definition) is 29. The molecule has 18 heterocycles. The molecule has 70 nitrogen and oxygen atoms in total. The van der Waals surface area contributed by atoms with Gasteiger partial charge in [-0.15, -0.1) is 0 Å². The Morgan fingerprint density at radius 1 is 0.408 bits per heavy atom. The largest absolute Gasteiger partial charge is 0.479 e. The van der Waals surface area contributed by atoms with Crippen LogP contribution in [-0.2, 0) is 101 Å². The molecule has 7 aliphatic rings. The van der Waals surface area contributed by atoms with E-state index >= 15 is 0 Å². The number of methoxy groups -OCH3 is 1. The molecule has 6 fully saturated rings. The van der Waals surface area contributed by atoms with Crippen molar-refractivity contribution in [1.82, 2.24) is 92.2 Å². The lowest BCUT2D eigenvalue weighted by Gasteiger charge is -2.26. The van der Waals surface area contributed by atoms with E-state index in [1.165, 1.54) is 81.4 Å². The lowest BCUT2D eigenvalue weighted by Crippen LogP contribution is -2.46. The highest BCUT2D eigenvalue weighted by molar-refractivity contribution is 7.47. The number of anilines is 4. The quantitative estimate of drug-likeness (QED) is 0.0187. The van der Waals surface area contributed by atoms with Gasteiger partial charge in [-0.3, -0.25) is 69.5 Å². The van der Waals surface area contributed by atoms with E-state index in [1.54, 1.807) is 32.2 Å². The fourth-order valence-corrected chi connectivity index (χ4v) is 17.8. The molecule has 18 rings (SSSR count). The summed E-state index contributed by atoms with van der Waals surface area (Å²) < 4.78 is 136. The number of nitrogens with one attached hydrogen (secondary N) is 2. The van der Waals surface area contributed by atoms with Gasteiger partial charge in [0.1, 0.15) is 150 Å². The average Bonchev–Trinajstić information content (AvgIpc) is 1.60. The number of ether oxygens (including phenoxy) is 7. The van der Waals surface area contributed by atoms with Gasteiger partial charge in [0.05, 0.1) is 83.1 Å². The molecule has 7 aliphatic heterocycles. The zero-order valence-corrected chi connectivity index (χ0v) is 81.1. The lowest BCUT2D eigenvalue weighted by atomic mass is 10.1. The third-order valence-electron chi connectivity index (χ3n) is 22.3. The summed E-state index contributed by atoms with van der Waals surface area (Å²) in [5.41, 5.74) is 18.1. The van der Waals surface area contributed by atoms with Crippen LogP contribution in [0.5, 0.6) is 5.88 Å². The van der Waals surface area contributed by atoms with E-state index in [4.69, 9.17) is 121 Å². The van der Waals surface area contributed by atoms with Crippen LogP contribution < -0.4 is 43.5 Å². The van der Waals surface area contributed by atoms with Gasteiger partial charge in [0.25, 0.3) is 16.7 Å². The number of carbonyl (C=O) groups is 1. The molecular formula is C70H98ClN23O47P6. The Bertz CT molecular complexity index is 7090. The van der Waals surface area contributed by atoms with Crippen molar-refractivity contribution in [3.63, 3.8) is 0 Å². The molecule has 147 heavy (non-hydrogen) atoms. The first-order valence-electron chi connectivity index (χ1n) is 41.6. The van der Waals surface area contributed by atoms with E-state index in [1.807, 2.05) is 0 Å². The fourth-order valence-electron chi connectivity index (χ4n) is 15.5. The molecule has 0 spiro atoms. The number of aromatic amines is 2. The Morgan fingerprint density at radius 3 is 1.16 bits per heavy atom. The van der Waals surface area contributed by atoms with Crippen LogP contribution in [-0.4, -0.2) is 381 Å². The topological polar surface area (TPSA) is 1060 Å². The number of amides is 1. The maximum absolute atomic E-state index is 12.3. The molecule has 0 aromatic carbocycles. The van der Waals surface area contributed by atoms with E-state index in [0.717, 1.165) is 9.47 Å². The maximum atomic E-state index is 12.3. The van der Waals surface area contributed by atoms with Crippen LogP contribution in [0.4, 0.5) is 23.4 Å². The summed E-state index contributed by atoms with van der Waals surface area (Å²) in [5, 5.41) is 122. The first kappa shape index (κ1) is 116. The molecule has 1 amide bonds. The summed E-state index contributed by atoms with van der Waals surface area (Å²) in [6.07, 6.45) is -23.1. The predicted octanol–water partition coefficient (Wildman–Crippen LogP) is -8.63. The minimum Gasteiger partial charge on any atom is -0.479 e. The SMILES string of the molecule is C.COc1nc(N)nc2c1ncn2[C@@H]1O[C@H](COP(=O)(O)O)[C@@H](O)[C@H]1O.Cc1nc(Cl)c2ncn([C@@H]3O[C@H](COP(=O)(O)O)[C@@H](O)[C@H]3O)c2n1.Cc1nc2c(c(=O)[nH]1)CC(=O)N2[C@@H]1O[C@H](COP(=O)(O)O)[C@@H](O)[C@H]1O.Cc1nc2c(ccn2[C@@H]2O[C@H](COP(=O)(O)O)[C@@H](O)[C@H]2O)c(=O)[nH]1.Cn1c(N)nc2c(ncn2[C@@H]2O[C@H](COP(=O)(O)O)[C@@H](O)[C@H]2O)c1=O.Nc1ccnc2c1ccn2[C@@H]1O[C@H](COP(=O)(O)O)[C@@H](O)[C@H]1O. The number of aryl methyl sites for hydroxylation is 3. The molecule has 6 saturated heterocycles. The number of aliphatic hydroxyl groups is 12. The zero-order valence-electron chi connectivity index (χ0n) is 75.0. The van der Waals surface area contributed by atoms with Crippen molar-refractivity contribution in [3.8, 4) is 5.88 Å². The van der Waals surface area contributed by atoms with E-state index in [2.05, 4.69) is 91.9 Å². The number of nitrogen functional groups attached to an aromatic ring is 3. The first-order valence-corrected chi connectivity index (χ1v) is 51.2. The van der Waals surface area contributed by atoms with Crippen LogP contribution in [0.25, 0.3) is 55.6 Å². The summed E-state index contributed by atoms with van der Waals surface area (Å²) in [7, 11) is -25.7. The number of aliphatic hydroxyl groups excluding tert-OH is 12. The second-order valence-corrected chi connectivity index (χ2v) is 40.1. The molecular weight excluding hydrogens is 2140 g/mol. The van der Waals surface area contributed by atoms with E-state index in [9.17, 15) is 108 Å². The number of aromatic nitrogens is 19. The highest BCUT2D eigenvalue weighted by Gasteiger charge is 2.54. The Kier molecular flexibility index (Phi) is 36.2. The van der Waals surface area contributed by atoms with Gasteiger partial charge >= 0.3 is 46.9 Å². The highest BCUT2D eigenvalue weighted by Crippen LogP contribution is 2.47. The summed E-state index contributed by atoms with van der Waals surface area (Å²) in [4.78, 5) is 203. The molecule has 11 aromatic heterocycles. The van der Waals surface area contributed by atoms with Crippen LogP contribution in [0.2, 0.25) is 5.15 Å². The number of imidazole rings is 3. The smallest absolute Gasteiger partial charge is 0.469 e. The van der Waals surface area contributed by atoms with Crippen molar-refractivity contribution in [3.05, 3.63) is 115 Å². The number of phosphoric ester groups is 6. The Labute approximate surface area is 823 Å². The monoisotopic (exact) mass is 2230 g/mol. The van der Waals surface area contributed by atoms with Crippen LogP contribution in [0.15, 0.2) is 70.2 Å². The minimum absolute atomic E-state index is 0. The first-order chi connectivity index (χ1) is 68.0. The normalized spacial score (nSPS) is 27.8. The van der Waals surface area contributed by atoms with Crippen molar-refractivity contribution < 1.29 is 212 Å². The van der Waals surface area contributed by atoms with Crippen LogP contribution >= 0.6 is 58.5 Å². The molecule has 77 heteroatoms. The third kappa shape index (κ3) is 26.7. The molecule has 11 aromatic rings. The number of halogens is 1. The molecule has 0 unspecified atom stereocenters. The predicted molar refractivity (Wildman–Crippen MR) is 484 cm³/mol. The van der Waals surface area contributed by atoms with Crippen molar-refractivity contribution >= 4 is 143 Å². The Morgan fingerprint density at radius 2 is 0.755 bits per heavy atom. The number of phosphoric acid groups is 6. The van der Waals surface area contributed by atoms with Crippen LogP contribution in [0.3, 0.4) is 0 Å². The number of fused-ring (bicyclic) bond motifs is 6. The van der Waals surface area contributed by atoms with Gasteiger partial charge in [0.15, 0.2) is 70.5 Å². The molecule has 24 atom stereocenters. The lowest BCUT2D eigenvalue weighted by molar-refractivity contribution is -0.121. The van der Waals surface area contributed by atoms with Gasteiger partial charge in [0, 0.05) is 36.7 Å². The van der Waals surface area contributed by atoms with Crippen LogP contribution in [0, 0.1) is 20.8 Å². The number of carbonyl (C=O) groups excluding carboxylic acids is 1. The Balaban J connectivity index is 0.000000157. The maximum Gasteiger partial charge on any atom is 0.469 e. The molecule has 0 bridgehead atoms. The number of H-pyrrole nitrogens is 2. The average molecular weight is 2230 g/mol. The molecule has 0 aliphatic carbocycles. The fraction of sp³-hybridized carbons (Fsp3) is 0.529. The van der Waals surface area contributed by atoms with Crippen molar-refractivity contribution in [2.24, 2.45) is 7.05 Å². The standard InChI is InChI=1S/C12H16N3O9P.C12H16N3O8P.C12H16N3O7P.C11H14ClN4O7P.2C11H16N5O8P.CH4/c1-4-13-10-5(11(19)14-4)2-7(16)15(10)12-9(18)8(17)6(24-12)3-23-25(20,21)22;1-5-13-10-6(11(18)14-5)2-3-15(10)12-9(17)8(16)7(23-12)4-22-24(19,20)21;13-7-1-3-14-11-6(7)2-4-15(11)12-10(17)9(16)8(22-12)5-21-23(18,19)20;1-4-14-9(12)6-10(15-4)16(3-13-6)11-8(18)7(17)5(23-11)2-22-24(19,20)21;1-22-9-5-8(14-11(12)15-9)16(3-13-5)10-7(18)6(17)4(24-10)2-23-25(19,20)21;1-15-9(19)5-8(14-11(15)12)16(3-13-5)10-7(18)6(17)4(24-10)2-23-25(20,21)22;/h6,8-9,12,17-18H,2-3H2,1H3,(H,13,14,19)(H2,20,21,22);2-3,7-9,12,16-17H,4H2,1H3,(H,13,14,18)(H2,19,20,21);1-4,8-10,12,16-17H,5H2,(H2,13,14)(H2,18,19,20);3,5,7-8,11,17-18H,2H2,1H3,(H2,19,20,21);3-4,6-7,10,17-18H,2H2,1H3,(H2,12,14,15)(H2,19,20,21);3-4,6-7,10,17-18H,2H2,1H3,(H2,12,14)(H2,20,21,22);1H4/t6-,8-,9-,12-;7-,8-,9-,12-;8-,9-,10-,12-;5-,7-,8-,11-;2*4-,6-,7-,10-;/m111111./s1. The van der Waals surface area contributed by atoms with Gasteiger partial charge in [-0.1, -0.05) is 19.0 Å². The highest BCUT2D eigenvalue weighted by atomic mass is 35.5. The van der Waals surface area contributed by atoms with Crippen LogP contribution in [0.1, 0.15) is 61.6 Å². The van der Waals surface area contributed by atoms with Gasteiger partial charge < -0.3 is 189 Å². The summed E-state index contributed by atoms with van der Waals surface area (Å²) in [6.45, 7) is 1.00. The van der Waals surface area contributed by atoms with E-state index in [-0.39, 0.29) is 92.9 Å². The molecule has 32 N–H and O–H groups in total. The molecule has 0 saturated carbocycles. The number of pyridine rings is 1. The zero-order chi connectivity index (χ0) is 107. The number of nitrogens with two attached hydrogens (primary N) is 3. The molecule has 0 radical (unpaired) electrons. The van der Waals surface area contributed by atoms with Crippen molar-refractivity contribution in [1.29, 1.82) is 0 Å². The number of rotatable bonds is 25. The summed E-state index contributed by atoms with van der Waals surface area (Å²) in [6, 6.07) is 4.81. The van der Waals surface area contributed by atoms with E-state index < -0.39 is 251 Å². The number of nitrogens with zero attached hydrogens (tertiary/aromatic N) is 18. The van der Waals surface area contributed by atoms with Gasteiger partial charge in [-0.05, 0) is 39.0 Å². The van der Waals surface area contributed by atoms with Gasteiger partial charge in [0.2, 0.25) is 23.7 Å². The summed E-state index contributed by atoms with van der Waals surface area (Å²) in [5.74, 6) is 0.374. The second kappa shape index (κ2) is 45.9. The van der Waals surface area contributed by atoms with Crippen molar-refractivity contribution in [2.45, 2.75) is 182 Å².